The number of nitrogens with zero attached hydrogens (tertiary/aromatic N) is 2. The first-order valence-electron chi connectivity index (χ1n) is 6.94. The van der Waals surface area contributed by atoms with Crippen LogP contribution in [0.15, 0.2) is 41.9 Å². The third-order valence-electron chi connectivity index (χ3n) is 3.35. The molecule has 6 heteroatoms. The average Bonchev–Trinajstić information content (AvgIpc) is 3.17. The van der Waals surface area contributed by atoms with Gasteiger partial charge in [0.05, 0.1) is 13.1 Å². The van der Waals surface area contributed by atoms with Crippen molar-refractivity contribution in [3.05, 3.63) is 46.8 Å². The Labute approximate surface area is 127 Å². The molecule has 3 heterocycles. The van der Waals surface area contributed by atoms with Crippen LogP contribution in [0, 0.1) is 0 Å². The highest BCUT2D eigenvalue weighted by molar-refractivity contribution is 7.09. The topological polar surface area (TPSA) is 54.5 Å². The maximum atomic E-state index is 12.1. The lowest BCUT2D eigenvalue weighted by molar-refractivity contribution is 0.183. The molecule has 0 saturated carbocycles. The third-order valence-corrected chi connectivity index (χ3v) is 4.23. The van der Waals surface area contributed by atoms with Crippen molar-refractivity contribution in [2.24, 2.45) is 0 Å². The van der Waals surface area contributed by atoms with E-state index in [-0.39, 0.29) is 12.1 Å². The highest BCUT2D eigenvalue weighted by atomic mass is 32.1. The average molecular weight is 303 g/mol. The molecule has 2 aromatic rings. The molecule has 1 N–H and O–H groups in total. The van der Waals surface area contributed by atoms with E-state index in [0.29, 0.717) is 25.5 Å². The zero-order chi connectivity index (χ0) is 14.5. The fraction of sp³-hybridized carbons (Fsp3) is 0.333. The number of thiophene rings is 1. The molecule has 1 unspecified atom stereocenters. The summed E-state index contributed by atoms with van der Waals surface area (Å²) in [5.74, 6) is 0.614. The number of pyridine rings is 1. The maximum Gasteiger partial charge on any atom is 0.317 e. The Hall–Kier alpha value is -2.08. The second kappa shape index (κ2) is 6.58. The second-order valence-corrected chi connectivity index (χ2v) is 5.91. The Kier molecular flexibility index (Phi) is 4.35. The molecule has 1 saturated heterocycles. The Bertz CT molecular complexity index is 574. The van der Waals surface area contributed by atoms with Gasteiger partial charge in [-0.2, -0.15) is 0 Å². The molecule has 21 heavy (non-hydrogen) atoms. The van der Waals surface area contributed by atoms with Crippen molar-refractivity contribution in [3.63, 3.8) is 0 Å². The number of hydrogen-bond acceptors (Lipinski definition) is 4. The monoisotopic (exact) mass is 303 g/mol. The number of amides is 2. The molecule has 0 spiro atoms. The normalized spacial score (nSPS) is 17.7. The molecule has 2 aromatic heterocycles. The highest BCUT2D eigenvalue weighted by Crippen LogP contribution is 2.16. The highest BCUT2D eigenvalue weighted by Gasteiger charge is 2.27. The largest absolute Gasteiger partial charge is 0.472 e. The van der Waals surface area contributed by atoms with Crippen LogP contribution < -0.4 is 10.1 Å². The van der Waals surface area contributed by atoms with Gasteiger partial charge in [-0.1, -0.05) is 12.1 Å². The van der Waals surface area contributed by atoms with Crippen molar-refractivity contribution >= 4 is 17.4 Å². The van der Waals surface area contributed by atoms with Gasteiger partial charge in [0.2, 0.25) is 5.88 Å². The van der Waals surface area contributed by atoms with E-state index in [9.17, 15) is 4.79 Å². The minimum Gasteiger partial charge on any atom is -0.472 e. The van der Waals surface area contributed by atoms with Gasteiger partial charge in [0.15, 0.2) is 0 Å². The van der Waals surface area contributed by atoms with Crippen molar-refractivity contribution < 1.29 is 9.53 Å². The number of carbonyl (C=O) groups excluding carboxylic acids is 1. The number of urea groups is 1. The Morgan fingerprint density at radius 3 is 3.14 bits per heavy atom. The third kappa shape index (κ3) is 3.72. The van der Waals surface area contributed by atoms with Crippen molar-refractivity contribution in [1.82, 2.24) is 15.2 Å². The van der Waals surface area contributed by atoms with Crippen LogP contribution in [-0.4, -0.2) is 35.1 Å². The summed E-state index contributed by atoms with van der Waals surface area (Å²) in [4.78, 5) is 19.2. The lowest BCUT2D eigenvalue weighted by Gasteiger charge is -2.17. The van der Waals surface area contributed by atoms with E-state index in [0.717, 1.165) is 11.3 Å². The lowest BCUT2D eigenvalue weighted by Crippen LogP contribution is -2.38. The summed E-state index contributed by atoms with van der Waals surface area (Å²) < 4.78 is 5.78. The predicted octanol–water partition coefficient (Wildman–Crippen LogP) is 2.51. The van der Waals surface area contributed by atoms with Crippen LogP contribution in [0.5, 0.6) is 5.88 Å². The molecule has 1 atom stereocenters. The first-order chi connectivity index (χ1) is 10.3. The molecular weight excluding hydrogens is 286 g/mol. The first-order valence-corrected chi connectivity index (χ1v) is 7.82. The number of carbonyl (C=O) groups is 1. The zero-order valence-corrected chi connectivity index (χ0v) is 12.4. The number of rotatable bonds is 4. The Balaban J connectivity index is 1.46. The van der Waals surface area contributed by atoms with Crippen LogP contribution in [0.3, 0.4) is 0 Å². The molecule has 0 aliphatic carbocycles. The SMILES string of the molecule is O=C(NCc1cccs1)N1CCC(Oc2ccccn2)C1. The summed E-state index contributed by atoms with van der Waals surface area (Å²) in [5.41, 5.74) is 0. The molecule has 1 fully saturated rings. The number of ether oxygens (including phenoxy) is 1. The molecule has 3 rings (SSSR count). The van der Waals surface area contributed by atoms with Crippen molar-refractivity contribution in [2.45, 2.75) is 19.1 Å². The molecule has 2 amide bonds. The second-order valence-electron chi connectivity index (χ2n) is 4.88. The zero-order valence-electron chi connectivity index (χ0n) is 11.6. The number of aromatic nitrogens is 1. The van der Waals surface area contributed by atoms with Gasteiger partial charge >= 0.3 is 6.03 Å². The number of nitrogens with one attached hydrogen (secondary N) is 1. The smallest absolute Gasteiger partial charge is 0.317 e. The number of likely N-dealkylation sites (tertiary alicyclic amines) is 1. The van der Waals surface area contributed by atoms with E-state index in [1.807, 2.05) is 35.7 Å². The van der Waals surface area contributed by atoms with Crippen LogP contribution in [0.25, 0.3) is 0 Å². The predicted molar refractivity (Wildman–Crippen MR) is 81.4 cm³/mol. The summed E-state index contributed by atoms with van der Waals surface area (Å²) >= 11 is 1.64. The summed E-state index contributed by atoms with van der Waals surface area (Å²) in [6.45, 7) is 1.90. The van der Waals surface area contributed by atoms with E-state index in [4.69, 9.17) is 4.74 Å². The van der Waals surface area contributed by atoms with Gasteiger partial charge in [0.1, 0.15) is 6.10 Å². The molecule has 1 aliphatic rings. The molecule has 110 valence electrons. The van der Waals surface area contributed by atoms with Crippen LogP contribution >= 0.6 is 11.3 Å². The van der Waals surface area contributed by atoms with Gasteiger partial charge in [-0.3, -0.25) is 0 Å². The van der Waals surface area contributed by atoms with Crippen molar-refractivity contribution in [3.8, 4) is 5.88 Å². The minimum absolute atomic E-state index is 0.0207. The van der Waals surface area contributed by atoms with Gasteiger partial charge in [-0.05, 0) is 17.5 Å². The van der Waals surface area contributed by atoms with Gasteiger partial charge in [-0.15, -0.1) is 11.3 Å². The number of hydrogen-bond donors (Lipinski definition) is 1. The lowest BCUT2D eigenvalue weighted by atomic mass is 10.3. The Morgan fingerprint density at radius 1 is 1.43 bits per heavy atom. The molecular formula is C15H17N3O2S. The first kappa shape index (κ1) is 13.9. The summed E-state index contributed by atoms with van der Waals surface area (Å²) in [6, 6.07) is 9.55. The molecule has 0 bridgehead atoms. The van der Waals surface area contributed by atoms with Gasteiger partial charge in [0.25, 0.3) is 0 Å². The van der Waals surface area contributed by atoms with Crippen LogP contribution in [0.1, 0.15) is 11.3 Å². The maximum absolute atomic E-state index is 12.1. The standard InChI is InChI=1S/C15H17N3O2S/c19-15(17-10-13-4-3-9-21-13)18-8-6-12(11-18)20-14-5-1-2-7-16-14/h1-5,7,9,12H,6,8,10-11H2,(H,17,19). The van der Waals surface area contributed by atoms with Crippen LogP contribution in [0.2, 0.25) is 0 Å². The van der Waals surface area contributed by atoms with E-state index in [1.165, 1.54) is 0 Å². The quantitative estimate of drug-likeness (QED) is 0.944. The van der Waals surface area contributed by atoms with E-state index in [2.05, 4.69) is 10.3 Å². The van der Waals surface area contributed by atoms with Crippen molar-refractivity contribution in [2.75, 3.05) is 13.1 Å². The molecule has 5 nitrogen and oxygen atoms in total. The fourth-order valence-corrected chi connectivity index (χ4v) is 2.93. The van der Waals surface area contributed by atoms with Crippen LogP contribution in [0.4, 0.5) is 4.79 Å². The summed E-state index contributed by atoms with van der Waals surface area (Å²) in [5, 5.41) is 4.95. The molecule has 0 aromatic carbocycles. The summed E-state index contributed by atoms with van der Waals surface area (Å²) in [7, 11) is 0. The van der Waals surface area contributed by atoms with E-state index < -0.39 is 0 Å². The molecule has 0 radical (unpaired) electrons. The van der Waals surface area contributed by atoms with E-state index in [1.54, 1.807) is 22.4 Å². The van der Waals surface area contributed by atoms with E-state index >= 15 is 0 Å². The minimum atomic E-state index is -0.0319. The fourth-order valence-electron chi connectivity index (χ4n) is 2.28. The summed E-state index contributed by atoms with van der Waals surface area (Å²) in [6.07, 6.45) is 2.56. The van der Waals surface area contributed by atoms with Gasteiger partial charge in [-0.25, -0.2) is 9.78 Å². The van der Waals surface area contributed by atoms with Crippen LogP contribution in [-0.2, 0) is 6.54 Å². The van der Waals surface area contributed by atoms with Gasteiger partial charge < -0.3 is 15.0 Å². The Morgan fingerprint density at radius 2 is 2.38 bits per heavy atom. The van der Waals surface area contributed by atoms with Crippen molar-refractivity contribution in [1.29, 1.82) is 0 Å². The van der Waals surface area contributed by atoms with Gasteiger partial charge in [0, 0.05) is 30.1 Å². The molecule has 1 aliphatic heterocycles.